The molecule has 0 bridgehead atoms. The maximum absolute atomic E-state index is 13.6. The van der Waals surface area contributed by atoms with Gasteiger partial charge < -0.3 is 0 Å². The molecule has 2 aliphatic carbocycles. The highest BCUT2D eigenvalue weighted by molar-refractivity contribution is 7.99. The molecule has 21 heavy (non-hydrogen) atoms. The maximum Gasteiger partial charge on any atom is 0.136 e. The number of benzene rings is 1. The third-order valence-electron chi connectivity index (χ3n) is 4.62. The number of rotatable bonds is 6. The van der Waals surface area contributed by atoms with Crippen molar-refractivity contribution in [1.29, 1.82) is 5.26 Å². The van der Waals surface area contributed by atoms with Gasteiger partial charge in [-0.2, -0.15) is 5.26 Å². The SMILES string of the molecule is N#CC1(NC2CC2)CCCC1CCSc1ccccc1F. The molecule has 0 aromatic heterocycles. The van der Waals surface area contributed by atoms with Gasteiger partial charge in [-0.1, -0.05) is 18.6 Å². The predicted octanol–water partition coefficient (Wildman–Crippen LogP) is 4.12. The minimum Gasteiger partial charge on any atom is -0.296 e. The Morgan fingerprint density at radius 3 is 2.86 bits per heavy atom. The normalized spacial score (nSPS) is 28.5. The Labute approximate surface area is 130 Å². The average Bonchev–Trinajstić information content (AvgIpc) is 3.21. The van der Waals surface area contributed by atoms with Gasteiger partial charge in [-0.15, -0.1) is 11.8 Å². The summed E-state index contributed by atoms with van der Waals surface area (Å²) in [6, 6.07) is 10.0. The van der Waals surface area contributed by atoms with Crippen molar-refractivity contribution in [3.63, 3.8) is 0 Å². The second kappa shape index (κ2) is 6.37. The zero-order valence-electron chi connectivity index (χ0n) is 12.1. The molecule has 0 amide bonds. The summed E-state index contributed by atoms with van der Waals surface area (Å²) < 4.78 is 13.6. The van der Waals surface area contributed by atoms with Crippen LogP contribution >= 0.6 is 11.8 Å². The molecule has 4 heteroatoms. The molecule has 1 N–H and O–H groups in total. The zero-order valence-corrected chi connectivity index (χ0v) is 13.0. The predicted molar refractivity (Wildman–Crippen MR) is 83.6 cm³/mol. The first-order valence-electron chi connectivity index (χ1n) is 7.80. The van der Waals surface area contributed by atoms with Crippen molar-refractivity contribution in [2.75, 3.05) is 5.75 Å². The summed E-state index contributed by atoms with van der Waals surface area (Å²) in [6.07, 6.45) is 6.61. The van der Waals surface area contributed by atoms with E-state index in [0.717, 1.165) is 31.4 Å². The average molecular weight is 304 g/mol. The van der Waals surface area contributed by atoms with E-state index in [4.69, 9.17) is 0 Å². The lowest BCUT2D eigenvalue weighted by molar-refractivity contribution is 0.308. The molecule has 2 saturated carbocycles. The highest BCUT2D eigenvalue weighted by atomic mass is 32.2. The lowest BCUT2D eigenvalue weighted by atomic mass is 9.86. The van der Waals surface area contributed by atoms with Gasteiger partial charge in [0.25, 0.3) is 0 Å². The van der Waals surface area contributed by atoms with E-state index in [0.29, 0.717) is 16.9 Å². The molecular weight excluding hydrogens is 283 g/mol. The van der Waals surface area contributed by atoms with Crippen molar-refractivity contribution in [2.45, 2.75) is 55.0 Å². The van der Waals surface area contributed by atoms with Crippen molar-refractivity contribution >= 4 is 11.8 Å². The topological polar surface area (TPSA) is 35.8 Å². The van der Waals surface area contributed by atoms with Gasteiger partial charge in [0.1, 0.15) is 11.4 Å². The highest BCUT2D eigenvalue weighted by Crippen LogP contribution is 2.41. The van der Waals surface area contributed by atoms with Gasteiger partial charge in [0.2, 0.25) is 0 Å². The van der Waals surface area contributed by atoms with E-state index in [-0.39, 0.29) is 11.4 Å². The Hall–Kier alpha value is -1.05. The monoisotopic (exact) mass is 304 g/mol. The molecule has 0 aliphatic heterocycles. The lowest BCUT2D eigenvalue weighted by Gasteiger charge is -2.30. The molecule has 1 aromatic carbocycles. The van der Waals surface area contributed by atoms with Crippen LogP contribution in [0.4, 0.5) is 4.39 Å². The number of hydrogen-bond donors (Lipinski definition) is 1. The Bertz CT molecular complexity index is 538. The van der Waals surface area contributed by atoms with Gasteiger partial charge in [-0.05, 0) is 55.9 Å². The van der Waals surface area contributed by atoms with Crippen LogP contribution in [0.3, 0.4) is 0 Å². The summed E-state index contributed by atoms with van der Waals surface area (Å²) in [4.78, 5) is 0.716. The number of halogens is 1. The van der Waals surface area contributed by atoms with Crippen LogP contribution in [0.5, 0.6) is 0 Å². The van der Waals surface area contributed by atoms with Gasteiger partial charge in [0.15, 0.2) is 0 Å². The van der Waals surface area contributed by atoms with Crippen molar-refractivity contribution < 1.29 is 4.39 Å². The quantitative estimate of drug-likeness (QED) is 0.803. The minimum atomic E-state index is -0.322. The molecule has 3 rings (SSSR count). The first kappa shape index (κ1) is 14.9. The second-order valence-electron chi connectivity index (χ2n) is 6.16. The fourth-order valence-corrected chi connectivity index (χ4v) is 4.31. The number of thioether (sulfide) groups is 1. The molecule has 1 aromatic rings. The minimum absolute atomic E-state index is 0.142. The summed E-state index contributed by atoms with van der Waals surface area (Å²) >= 11 is 1.57. The first-order chi connectivity index (χ1) is 10.2. The number of nitrogens with zero attached hydrogens (tertiary/aromatic N) is 1. The summed E-state index contributed by atoms with van der Waals surface area (Å²) in [7, 11) is 0. The van der Waals surface area contributed by atoms with E-state index in [1.807, 2.05) is 12.1 Å². The molecule has 2 nitrogen and oxygen atoms in total. The fraction of sp³-hybridized carbons (Fsp3) is 0.588. The highest BCUT2D eigenvalue weighted by Gasteiger charge is 2.45. The molecule has 2 unspecified atom stereocenters. The van der Waals surface area contributed by atoms with Crippen LogP contribution in [-0.2, 0) is 0 Å². The Kier molecular flexibility index (Phi) is 4.51. The molecule has 2 aliphatic rings. The zero-order chi connectivity index (χ0) is 14.7. The Balaban J connectivity index is 1.56. The molecule has 2 atom stereocenters. The van der Waals surface area contributed by atoms with Crippen LogP contribution in [0.25, 0.3) is 0 Å². The standard InChI is InChI=1S/C17H21FN2S/c18-15-5-1-2-6-16(15)21-11-9-13-4-3-10-17(13,12-19)20-14-7-8-14/h1-2,5-6,13-14,20H,3-4,7-11H2. The number of nitrogens with one attached hydrogen (secondary N) is 1. The summed E-state index contributed by atoms with van der Waals surface area (Å²) in [6.45, 7) is 0. The van der Waals surface area contributed by atoms with Crippen LogP contribution in [0.2, 0.25) is 0 Å². The summed E-state index contributed by atoms with van der Waals surface area (Å²) in [5, 5.41) is 13.2. The molecule has 0 spiro atoms. The van der Waals surface area contributed by atoms with Gasteiger partial charge in [-0.3, -0.25) is 5.32 Å². The summed E-state index contributed by atoms with van der Waals surface area (Å²) in [5.41, 5.74) is -0.322. The second-order valence-corrected chi connectivity index (χ2v) is 7.30. The molecule has 0 radical (unpaired) electrons. The number of hydrogen-bond acceptors (Lipinski definition) is 3. The molecule has 112 valence electrons. The molecular formula is C17H21FN2S. The van der Waals surface area contributed by atoms with Crippen LogP contribution in [0, 0.1) is 23.1 Å². The molecule has 0 heterocycles. The van der Waals surface area contributed by atoms with Crippen molar-refractivity contribution in [2.24, 2.45) is 5.92 Å². The number of nitriles is 1. The summed E-state index contributed by atoms with van der Waals surface area (Å²) in [5.74, 6) is 1.14. The van der Waals surface area contributed by atoms with Crippen molar-refractivity contribution in [3.05, 3.63) is 30.1 Å². The van der Waals surface area contributed by atoms with Gasteiger partial charge >= 0.3 is 0 Å². The van der Waals surface area contributed by atoms with E-state index < -0.39 is 0 Å². The van der Waals surface area contributed by atoms with Gasteiger partial charge in [0.05, 0.1) is 6.07 Å². The van der Waals surface area contributed by atoms with Crippen molar-refractivity contribution in [3.8, 4) is 6.07 Å². The van der Waals surface area contributed by atoms with E-state index in [9.17, 15) is 9.65 Å². The van der Waals surface area contributed by atoms with Crippen LogP contribution < -0.4 is 5.32 Å². The van der Waals surface area contributed by atoms with Crippen LogP contribution in [0.15, 0.2) is 29.2 Å². The van der Waals surface area contributed by atoms with Crippen LogP contribution in [0.1, 0.15) is 38.5 Å². The Morgan fingerprint density at radius 1 is 1.33 bits per heavy atom. The van der Waals surface area contributed by atoms with E-state index in [2.05, 4.69) is 11.4 Å². The van der Waals surface area contributed by atoms with Crippen LogP contribution in [-0.4, -0.2) is 17.3 Å². The van der Waals surface area contributed by atoms with E-state index in [1.165, 1.54) is 18.9 Å². The van der Waals surface area contributed by atoms with E-state index >= 15 is 0 Å². The Morgan fingerprint density at radius 2 is 2.14 bits per heavy atom. The first-order valence-corrected chi connectivity index (χ1v) is 8.78. The smallest absolute Gasteiger partial charge is 0.136 e. The van der Waals surface area contributed by atoms with Gasteiger partial charge in [-0.25, -0.2) is 4.39 Å². The van der Waals surface area contributed by atoms with Gasteiger partial charge in [0, 0.05) is 10.9 Å². The molecule has 2 fully saturated rings. The van der Waals surface area contributed by atoms with E-state index in [1.54, 1.807) is 17.8 Å². The fourth-order valence-electron chi connectivity index (χ4n) is 3.30. The van der Waals surface area contributed by atoms with Crippen molar-refractivity contribution in [1.82, 2.24) is 5.32 Å². The lowest BCUT2D eigenvalue weighted by Crippen LogP contribution is -2.48. The largest absolute Gasteiger partial charge is 0.296 e. The maximum atomic E-state index is 13.6. The third-order valence-corrected chi connectivity index (χ3v) is 5.70. The molecule has 0 saturated heterocycles. The third kappa shape index (κ3) is 3.41.